The Morgan fingerprint density at radius 3 is 2.59 bits per heavy atom. The summed E-state index contributed by atoms with van der Waals surface area (Å²) in [4.78, 5) is 2.55. The SMILES string of the molecule is CCC1(C)CN(C/C=C/Cl)C(C(C)(C)C)CN1. The summed E-state index contributed by atoms with van der Waals surface area (Å²) < 4.78 is 0. The van der Waals surface area contributed by atoms with Crippen LogP contribution in [0.5, 0.6) is 0 Å². The first-order valence-electron chi connectivity index (χ1n) is 6.57. The van der Waals surface area contributed by atoms with Crippen LogP contribution in [0.15, 0.2) is 11.6 Å². The molecule has 3 heteroatoms. The molecule has 0 aromatic rings. The van der Waals surface area contributed by atoms with E-state index in [0.717, 1.165) is 26.1 Å². The van der Waals surface area contributed by atoms with Gasteiger partial charge in [-0.25, -0.2) is 0 Å². The van der Waals surface area contributed by atoms with Crippen LogP contribution in [0.1, 0.15) is 41.0 Å². The Labute approximate surface area is 111 Å². The first-order valence-corrected chi connectivity index (χ1v) is 7.00. The number of hydrogen-bond donors (Lipinski definition) is 1. The zero-order chi connectivity index (χ0) is 13.1. The maximum absolute atomic E-state index is 5.66. The van der Waals surface area contributed by atoms with Gasteiger partial charge < -0.3 is 5.32 Å². The Kier molecular flexibility index (Phi) is 5.06. The quantitative estimate of drug-likeness (QED) is 0.836. The molecule has 0 radical (unpaired) electrons. The molecule has 1 rings (SSSR count). The molecule has 1 aliphatic heterocycles. The molecule has 1 saturated heterocycles. The van der Waals surface area contributed by atoms with E-state index in [0.29, 0.717) is 11.5 Å². The van der Waals surface area contributed by atoms with E-state index in [-0.39, 0.29) is 5.54 Å². The molecule has 0 amide bonds. The van der Waals surface area contributed by atoms with Crippen LogP contribution in [0.3, 0.4) is 0 Å². The number of nitrogens with zero attached hydrogens (tertiary/aromatic N) is 1. The molecule has 2 nitrogen and oxygen atoms in total. The van der Waals surface area contributed by atoms with E-state index in [1.807, 2.05) is 6.08 Å². The predicted octanol–water partition coefficient (Wildman–Crippen LogP) is 3.23. The van der Waals surface area contributed by atoms with Crippen LogP contribution >= 0.6 is 11.6 Å². The van der Waals surface area contributed by atoms with Gasteiger partial charge in [0, 0.05) is 36.8 Å². The fourth-order valence-corrected chi connectivity index (χ4v) is 2.62. The molecule has 1 N–H and O–H groups in total. The van der Waals surface area contributed by atoms with E-state index in [2.05, 4.69) is 44.8 Å². The van der Waals surface area contributed by atoms with E-state index in [9.17, 15) is 0 Å². The minimum atomic E-state index is 0.238. The first kappa shape index (κ1) is 15.0. The molecule has 0 aromatic carbocycles. The van der Waals surface area contributed by atoms with Crippen LogP contribution in [-0.2, 0) is 0 Å². The van der Waals surface area contributed by atoms with Crippen molar-refractivity contribution < 1.29 is 0 Å². The third-order valence-electron chi connectivity index (χ3n) is 3.92. The molecule has 17 heavy (non-hydrogen) atoms. The Morgan fingerprint density at radius 1 is 1.47 bits per heavy atom. The highest BCUT2D eigenvalue weighted by molar-refractivity contribution is 6.25. The topological polar surface area (TPSA) is 15.3 Å². The average Bonchev–Trinajstić information content (AvgIpc) is 2.25. The molecule has 0 aromatic heterocycles. The van der Waals surface area contributed by atoms with E-state index in [4.69, 9.17) is 11.6 Å². The van der Waals surface area contributed by atoms with Gasteiger partial charge in [0.2, 0.25) is 0 Å². The van der Waals surface area contributed by atoms with Gasteiger partial charge in [0.1, 0.15) is 0 Å². The summed E-state index contributed by atoms with van der Waals surface area (Å²) in [7, 11) is 0. The first-order chi connectivity index (χ1) is 7.82. The smallest absolute Gasteiger partial charge is 0.0278 e. The van der Waals surface area contributed by atoms with Gasteiger partial charge in [-0.05, 0) is 18.8 Å². The van der Waals surface area contributed by atoms with Gasteiger partial charge >= 0.3 is 0 Å². The summed E-state index contributed by atoms with van der Waals surface area (Å²) in [5, 5.41) is 3.71. The van der Waals surface area contributed by atoms with Gasteiger partial charge in [-0.1, -0.05) is 45.4 Å². The van der Waals surface area contributed by atoms with Crippen molar-refractivity contribution in [1.82, 2.24) is 10.2 Å². The zero-order valence-corrected chi connectivity index (χ0v) is 12.6. The largest absolute Gasteiger partial charge is 0.309 e. The van der Waals surface area contributed by atoms with Crippen LogP contribution < -0.4 is 5.32 Å². The van der Waals surface area contributed by atoms with E-state index < -0.39 is 0 Å². The van der Waals surface area contributed by atoms with Gasteiger partial charge in [0.15, 0.2) is 0 Å². The van der Waals surface area contributed by atoms with Gasteiger partial charge in [-0.2, -0.15) is 0 Å². The van der Waals surface area contributed by atoms with Crippen molar-refractivity contribution >= 4 is 11.6 Å². The lowest BCUT2D eigenvalue weighted by atomic mass is 9.81. The summed E-state index contributed by atoms with van der Waals surface area (Å²) in [5.74, 6) is 0. The van der Waals surface area contributed by atoms with Gasteiger partial charge in [-0.15, -0.1) is 0 Å². The standard InChI is InChI=1S/C14H27ClN2/c1-6-14(5)11-17(9-7-8-15)12(10-16-14)13(2,3)4/h7-8,12,16H,6,9-11H2,1-5H3/b8-7+. The molecule has 1 fully saturated rings. The maximum atomic E-state index is 5.66. The van der Waals surface area contributed by atoms with Crippen molar-refractivity contribution in [2.24, 2.45) is 5.41 Å². The molecule has 100 valence electrons. The maximum Gasteiger partial charge on any atom is 0.0278 e. The number of rotatable bonds is 3. The molecule has 0 bridgehead atoms. The Hall–Kier alpha value is -0.0500. The molecule has 1 aliphatic rings. The molecule has 1 heterocycles. The highest BCUT2D eigenvalue weighted by atomic mass is 35.5. The number of nitrogens with one attached hydrogen (secondary N) is 1. The summed E-state index contributed by atoms with van der Waals surface area (Å²) in [6.07, 6.45) is 3.20. The second-order valence-corrected chi connectivity index (χ2v) is 6.72. The monoisotopic (exact) mass is 258 g/mol. The van der Waals surface area contributed by atoms with Gasteiger partial charge in [0.25, 0.3) is 0 Å². The molecule has 0 saturated carbocycles. The minimum absolute atomic E-state index is 0.238. The lowest BCUT2D eigenvalue weighted by molar-refractivity contribution is 0.0353. The average molecular weight is 259 g/mol. The number of piperazine rings is 1. The van der Waals surface area contributed by atoms with E-state index in [1.165, 1.54) is 0 Å². The molecular formula is C14H27ClN2. The second kappa shape index (κ2) is 5.73. The Morgan fingerprint density at radius 2 is 2.12 bits per heavy atom. The molecule has 0 aliphatic carbocycles. The van der Waals surface area contributed by atoms with Crippen LogP contribution in [0, 0.1) is 5.41 Å². The normalized spacial score (nSPS) is 32.2. The zero-order valence-electron chi connectivity index (χ0n) is 11.9. The summed E-state index contributed by atoms with van der Waals surface area (Å²) in [6, 6.07) is 0.565. The van der Waals surface area contributed by atoms with E-state index >= 15 is 0 Å². The molecule has 2 unspecified atom stereocenters. The summed E-state index contributed by atoms with van der Waals surface area (Å²) in [5.41, 5.74) is 2.16. The number of hydrogen-bond acceptors (Lipinski definition) is 2. The third-order valence-corrected chi connectivity index (χ3v) is 4.10. The van der Waals surface area contributed by atoms with Crippen molar-refractivity contribution in [1.29, 1.82) is 0 Å². The van der Waals surface area contributed by atoms with Crippen molar-refractivity contribution in [3.8, 4) is 0 Å². The fourth-order valence-electron chi connectivity index (χ4n) is 2.54. The van der Waals surface area contributed by atoms with Gasteiger partial charge in [0.05, 0.1) is 0 Å². The summed E-state index contributed by atoms with van der Waals surface area (Å²) in [6.45, 7) is 14.6. The highest BCUT2D eigenvalue weighted by Gasteiger charge is 2.38. The highest BCUT2D eigenvalue weighted by Crippen LogP contribution is 2.29. The second-order valence-electron chi connectivity index (χ2n) is 6.47. The molecular weight excluding hydrogens is 232 g/mol. The fraction of sp³-hybridized carbons (Fsp3) is 0.857. The van der Waals surface area contributed by atoms with Crippen molar-refractivity contribution in [2.75, 3.05) is 19.6 Å². The lowest BCUT2D eigenvalue weighted by Gasteiger charge is -2.50. The van der Waals surface area contributed by atoms with Gasteiger partial charge in [-0.3, -0.25) is 4.90 Å². The number of halogens is 1. The third kappa shape index (κ3) is 3.97. The van der Waals surface area contributed by atoms with Crippen LogP contribution in [-0.4, -0.2) is 36.1 Å². The predicted molar refractivity (Wildman–Crippen MR) is 76.5 cm³/mol. The summed E-state index contributed by atoms with van der Waals surface area (Å²) >= 11 is 5.66. The minimum Gasteiger partial charge on any atom is -0.309 e. The van der Waals surface area contributed by atoms with Crippen molar-refractivity contribution in [3.63, 3.8) is 0 Å². The van der Waals surface area contributed by atoms with Crippen molar-refractivity contribution in [3.05, 3.63) is 11.6 Å². The Bertz CT molecular complexity index is 270. The van der Waals surface area contributed by atoms with E-state index in [1.54, 1.807) is 5.54 Å². The van der Waals surface area contributed by atoms with Crippen LogP contribution in [0.4, 0.5) is 0 Å². The molecule has 2 atom stereocenters. The lowest BCUT2D eigenvalue weighted by Crippen LogP contribution is -2.65. The van der Waals surface area contributed by atoms with Crippen molar-refractivity contribution in [2.45, 2.75) is 52.6 Å². The Balaban J connectivity index is 2.79. The van der Waals surface area contributed by atoms with Crippen LogP contribution in [0.2, 0.25) is 0 Å². The molecule has 0 spiro atoms. The van der Waals surface area contributed by atoms with Crippen LogP contribution in [0.25, 0.3) is 0 Å².